The SMILES string of the molecule is CCc1c(C)c2c([c-]1CC)CCCC2.[Ti]. The fourth-order valence-corrected chi connectivity index (χ4v) is 3.15. The second-order valence-electron chi connectivity index (χ2n) is 4.45. The molecule has 0 N–H and O–H groups in total. The molecule has 0 radical (unpaired) electrons. The van der Waals surface area contributed by atoms with Crippen LogP contribution in [0.1, 0.15) is 54.5 Å². The molecule has 0 nitrogen and oxygen atoms in total. The average Bonchev–Trinajstić information content (AvgIpc) is 2.51. The Morgan fingerprint density at radius 1 is 1.13 bits per heavy atom. The van der Waals surface area contributed by atoms with Crippen LogP contribution in [0.4, 0.5) is 0 Å². The van der Waals surface area contributed by atoms with E-state index in [9.17, 15) is 0 Å². The number of hydrogen-bond acceptors (Lipinski definition) is 0. The van der Waals surface area contributed by atoms with E-state index >= 15 is 0 Å². The van der Waals surface area contributed by atoms with Crippen LogP contribution in [0.2, 0.25) is 0 Å². The molecule has 1 aromatic rings. The van der Waals surface area contributed by atoms with Crippen molar-refractivity contribution in [3.63, 3.8) is 0 Å². The summed E-state index contributed by atoms with van der Waals surface area (Å²) in [7, 11) is 0. The number of rotatable bonds is 2. The molecule has 1 aliphatic carbocycles. The summed E-state index contributed by atoms with van der Waals surface area (Å²) in [4.78, 5) is 0. The Balaban J connectivity index is 0.00000112. The molecule has 0 spiro atoms. The van der Waals surface area contributed by atoms with E-state index in [1.54, 1.807) is 27.8 Å². The molecule has 0 heterocycles. The van der Waals surface area contributed by atoms with Crippen LogP contribution in [-0.2, 0) is 47.4 Å². The molecule has 82 valence electrons. The van der Waals surface area contributed by atoms with Crippen LogP contribution in [-0.4, -0.2) is 0 Å². The van der Waals surface area contributed by atoms with Gasteiger partial charge in [-0.3, -0.25) is 0 Å². The van der Waals surface area contributed by atoms with Gasteiger partial charge in [-0.15, -0.1) is 0 Å². The van der Waals surface area contributed by atoms with Gasteiger partial charge in [0.25, 0.3) is 0 Å². The molecular formula is C14H21Ti-. The summed E-state index contributed by atoms with van der Waals surface area (Å²) in [6, 6.07) is 0. The largest absolute Gasteiger partial charge is 0.195 e. The molecule has 0 unspecified atom stereocenters. The van der Waals surface area contributed by atoms with Crippen molar-refractivity contribution >= 4 is 0 Å². The van der Waals surface area contributed by atoms with E-state index in [2.05, 4.69) is 20.8 Å². The molecule has 2 rings (SSSR count). The van der Waals surface area contributed by atoms with E-state index in [0.717, 1.165) is 0 Å². The minimum absolute atomic E-state index is 0. The monoisotopic (exact) mass is 237 g/mol. The Hall–Kier alpha value is 0.0643. The van der Waals surface area contributed by atoms with E-state index < -0.39 is 0 Å². The topological polar surface area (TPSA) is 0 Å². The van der Waals surface area contributed by atoms with Gasteiger partial charge in [0.1, 0.15) is 0 Å². The first-order valence-electron chi connectivity index (χ1n) is 6.08. The van der Waals surface area contributed by atoms with E-state index in [4.69, 9.17) is 0 Å². The van der Waals surface area contributed by atoms with Crippen molar-refractivity contribution in [2.24, 2.45) is 0 Å². The Morgan fingerprint density at radius 2 is 1.80 bits per heavy atom. The second kappa shape index (κ2) is 5.41. The maximum Gasteiger partial charge on any atom is 0 e. The van der Waals surface area contributed by atoms with Gasteiger partial charge in [0, 0.05) is 21.7 Å². The Morgan fingerprint density at radius 3 is 2.40 bits per heavy atom. The summed E-state index contributed by atoms with van der Waals surface area (Å²) in [5.74, 6) is 0. The molecule has 0 fully saturated rings. The van der Waals surface area contributed by atoms with Crippen molar-refractivity contribution in [3.8, 4) is 0 Å². The molecule has 0 saturated carbocycles. The van der Waals surface area contributed by atoms with Crippen molar-refractivity contribution in [2.45, 2.75) is 59.3 Å². The van der Waals surface area contributed by atoms with Crippen LogP contribution in [0.3, 0.4) is 0 Å². The average molecular weight is 237 g/mol. The van der Waals surface area contributed by atoms with Gasteiger partial charge >= 0.3 is 0 Å². The Bertz CT molecular complexity index is 320. The third-order valence-electron chi connectivity index (χ3n) is 3.81. The minimum atomic E-state index is 0. The fourth-order valence-electron chi connectivity index (χ4n) is 3.15. The minimum Gasteiger partial charge on any atom is -0.195 e. The maximum absolute atomic E-state index is 2.34. The zero-order valence-electron chi connectivity index (χ0n) is 10.2. The third-order valence-corrected chi connectivity index (χ3v) is 3.81. The first-order chi connectivity index (χ1) is 6.79. The van der Waals surface area contributed by atoms with E-state index in [1.165, 1.54) is 38.5 Å². The van der Waals surface area contributed by atoms with Crippen molar-refractivity contribution in [3.05, 3.63) is 27.8 Å². The van der Waals surface area contributed by atoms with Crippen LogP contribution in [0.5, 0.6) is 0 Å². The molecule has 0 aliphatic heterocycles. The summed E-state index contributed by atoms with van der Waals surface area (Å²) < 4.78 is 0. The van der Waals surface area contributed by atoms with Gasteiger partial charge in [0.15, 0.2) is 0 Å². The first kappa shape index (κ1) is 13.1. The zero-order chi connectivity index (χ0) is 10.1. The number of hydrogen-bond donors (Lipinski definition) is 0. The molecule has 1 heteroatoms. The molecule has 15 heavy (non-hydrogen) atoms. The molecule has 0 amide bonds. The van der Waals surface area contributed by atoms with Gasteiger partial charge in [-0.1, -0.05) is 59.3 Å². The van der Waals surface area contributed by atoms with Crippen molar-refractivity contribution in [1.82, 2.24) is 0 Å². The molecule has 1 aliphatic rings. The fraction of sp³-hybridized carbons (Fsp3) is 0.643. The van der Waals surface area contributed by atoms with E-state index in [0.29, 0.717) is 0 Å². The van der Waals surface area contributed by atoms with Crippen LogP contribution in [0.15, 0.2) is 0 Å². The molecule has 0 bridgehead atoms. The van der Waals surface area contributed by atoms with Gasteiger partial charge in [-0.2, -0.15) is 27.8 Å². The second-order valence-corrected chi connectivity index (χ2v) is 4.45. The Kier molecular flexibility index (Phi) is 4.74. The predicted molar refractivity (Wildman–Crippen MR) is 62.2 cm³/mol. The summed E-state index contributed by atoms with van der Waals surface area (Å²) in [6.07, 6.45) is 7.96. The van der Waals surface area contributed by atoms with Gasteiger partial charge in [0.05, 0.1) is 0 Å². The van der Waals surface area contributed by atoms with Crippen LogP contribution >= 0.6 is 0 Å². The summed E-state index contributed by atoms with van der Waals surface area (Å²) in [6.45, 7) is 6.94. The summed E-state index contributed by atoms with van der Waals surface area (Å²) in [5, 5.41) is 0. The standard InChI is InChI=1S/C14H21.Ti/c1-4-11-10(3)13-8-6-7-9-14(13)12(11)5-2;/h4-9H2,1-3H3;/q-1;. The van der Waals surface area contributed by atoms with Gasteiger partial charge in [-0.25, -0.2) is 0 Å². The maximum atomic E-state index is 2.34. The van der Waals surface area contributed by atoms with E-state index in [-0.39, 0.29) is 21.7 Å². The molecular weight excluding hydrogens is 216 g/mol. The quantitative estimate of drug-likeness (QED) is 0.543. The van der Waals surface area contributed by atoms with Crippen LogP contribution in [0.25, 0.3) is 0 Å². The summed E-state index contributed by atoms with van der Waals surface area (Å²) >= 11 is 0. The van der Waals surface area contributed by atoms with Crippen molar-refractivity contribution in [1.29, 1.82) is 0 Å². The number of fused-ring (bicyclic) bond motifs is 1. The molecule has 1 aromatic carbocycles. The zero-order valence-corrected chi connectivity index (χ0v) is 11.8. The van der Waals surface area contributed by atoms with Crippen LogP contribution in [0, 0.1) is 6.92 Å². The van der Waals surface area contributed by atoms with Crippen molar-refractivity contribution < 1.29 is 21.7 Å². The molecule has 0 aromatic heterocycles. The van der Waals surface area contributed by atoms with Crippen LogP contribution < -0.4 is 0 Å². The van der Waals surface area contributed by atoms with Gasteiger partial charge < -0.3 is 0 Å². The third kappa shape index (κ3) is 2.12. The summed E-state index contributed by atoms with van der Waals surface area (Å²) in [5.41, 5.74) is 8.43. The Labute approximate surface area is 109 Å². The van der Waals surface area contributed by atoms with E-state index in [1.807, 2.05) is 0 Å². The first-order valence-corrected chi connectivity index (χ1v) is 6.08. The normalized spacial score (nSPS) is 14.6. The smallest absolute Gasteiger partial charge is 0 e. The van der Waals surface area contributed by atoms with Crippen molar-refractivity contribution in [2.75, 3.05) is 0 Å². The van der Waals surface area contributed by atoms with Gasteiger partial charge in [-0.05, 0) is 0 Å². The molecule has 0 saturated heterocycles. The predicted octanol–water partition coefficient (Wildman–Crippen LogP) is 3.72. The molecule has 0 atom stereocenters. The van der Waals surface area contributed by atoms with Gasteiger partial charge in [0.2, 0.25) is 0 Å².